The van der Waals surface area contributed by atoms with Crippen molar-refractivity contribution in [2.24, 2.45) is 10.8 Å². The van der Waals surface area contributed by atoms with E-state index in [0.29, 0.717) is 22.9 Å². The first-order valence-corrected chi connectivity index (χ1v) is 8.37. The lowest BCUT2D eigenvalue weighted by Crippen LogP contribution is -2.44. The summed E-state index contributed by atoms with van der Waals surface area (Å²) in [7, 11) is 0. The molecule has 1 aromatic heterocycles. The van der Waals surface area contributed by atoms with Crippen LogP contribution in [0.15, 0.2) is 11.4 Å². The van der Waals surface area contributed by atoms with Crippen LogP contribution >= 0.6 is 11.3 Å². The highest BCUT2D eigenvalue weighted by atomic mass is 32.1. The van der Waals surface area contributed by atoms with Crippen molar-refractivity contribution in [1.29, 1.82) is 0 Å². The third-order valence-electron chi connectivity index (χ3n) is 4.34. The highest BCUT2D eigenvalue weighted by Gasteiger charge is 2.38. The topological polar surface area (TPSA) is 12.0 Å². The Morgan fingerprint density at radius 2 is 1.79 bits per heavy atom. The fraction of sp³-hybridized carbons (Fsp3) is 0.765. The Bertz CT molecular complexity index is 414. The molecule has 1 N–H and O–H groups in total. The first-order valence-electron chi connectivity index (χ1n) is 7.49. The van der Waals surface area contributed by atoms with Gasteiger partial charge < -0.3 is 5.32 Å². The second-order valence-corrected chi connectivity index (χ2v) is 8.91. The van der Waals surface area contributed by atoms with E-state index in [4.69, 9.17) is 0 Å². The van der Waals surface area contributed by atoms with Crippen LogP contribution in [0.1, 0.15) is 70.4 Å². The summed E-state index contributed by atoms with van der Waals surface area (Å²) in [6, 6.07) is 3.36. The van der Waals surface area contributed by atoms with Gasteiger partial charge in [0.1, 0.15) is 0 Å². The van der Waals surface area contributed by atoms with E-state index in [9.17, 15) is 0 Å². The van der Waals surface area contributed by atoms with E-state index in [1.165, 1.54) is 29.7 Å². The fourth-order valence-corrected chi connectivity index (χ4v) is 5.17. The SMILES string of the molecule is Cc1ccsc1C(C)NC1CC(C)(C)CC(C)(C)C1. The molecule has 1 aliphatic carbocycles. The molecule has 1 fully saturated rings. The molecule has 0 aromatic carbocycles. The molecule has 0 aliphatic heterocycles. The quantitative estimate of drug-likeness (QED) is 0.790. The molecule has 1 aliphatic rings. The molecule has 1 atom stereocenters. The van der Waals surface area contributed by atoms with Crippen molar-refractivity contribution in [1.82, 2.24) is 5.32 Å². The molecule has 2 rings (SSSR count). The summed E-state index contributed by atoms with van der Waals surface area (Å²) >= 11 is 1.88. The third kappa shape index (κ3) is 3.82. The molecule has 0 amide bonds. The largest absolute Gasteiger partial charge is 0.307 e. The van der Waals surface area contributed by atoms with Crippen LogP contribution < -0.4 is 5.32 Å². The van der Waals surface area contributed by atoms with Crippen molar-refractivity contribution in [3.63, 3.8) is 0 Å². The minimum Gasteiger partial charge on any atom is -0.307 e. The molecule has 108 valence electrons. The van der Waals surface area contributed by atoms with Crippen LogP contribution in [-0.2, 0) is 0 Å². The van der Waals surface area contributed by atoms with Gasteiger partial charge in [0.2, 0.25) is 0 Å². The lowest BCUT2D eigenvalue weighted by molar-refractivity contribution is 0.0813. The van der Waals surface area contributed by atoms with Crippen LogP contribution in [0, 0.1) is 17.8 Å². The lowest BCUT2D eigenvalue weighted by atomic mass is 9.63. The highest BCUT2D eigenvalue weighted by molar-refractivity contribution is 7.10. The average Bonchev–Trinajstić information content (AvgIpc) is 2.58. The summed E-state index contributed by atoms with van der Waals surface area (Å²) in [6.07, 6.45) is 3.93. The molecule has 1 nitrogen and oxygen atoms in total. The number of aryl methyl sites for hydroxylation is 1. The van der Waals surface area contributed by atoms with Crippen LogP contribution in [-0.4, -0.2) is 6.04 Å². The minimum atomic E-state index is 0.462. The summed E-state index contributed by atoms with van der Waals surface area (Å²) in [4.78, 5) is 1.50. The van der Waals surface area contributed by atoms with Gasteiger partial charge in [-0.1, -0.05) is 27.7 Å². The summed E-state index contributed by atoms with van der Waals surface area (Å²) in [5.41, 5.74) is 2.35. The fourth-order valence-electron chi connectivity index (χ4n) is 4.22. The molecule has 2 heteroatoms. The Morgan fingerprint density at radius 1 is 1.21 bits per heavy atom. The first kappa shape index (κ1) is 15.1. The maximum absolute atomic E-state index is 3.88. The van der Waals surface area contributed by atoms with Gasteiger partial charge in [-0.3, -0.25) is 0 Å². The Balaban J connectivity index is 2.05. The minimum absolute atomic E-state index is 0.462. The maximum Gasteiger partial charge on any atom is 0.0390 e. The van der Waals surface area contributed by atoms with Crippen molar-refractivity contribution in [3.8, 4) is 0 Å². The Morgan fingerprint density at radius 3 is 2.26 bits per heavy atom. The molecule has 0 saturated heterocycles. The monoisotopic (exact) mass is 279 g/mol. The van der Waals surface area contributed by atoms with E-state index in [1.54, 1.807) is 0 Å². The lowest BCUT2D eigenvalue weighted by Gasteiger charge is -2.46. The van der Waals surface area contributed by atoms with Crippen LogP contribution in [0.25, 0.3) is 0 Å². The van der Waals surface area contributed by atoms with E-state index in [2.05, 4.69) is 58.3 Å². The van der Waals surface area contributed by atoms with Gasteiger partial charge in [-0.05, 0) is 60.9 Å². The normalized spacial score (nSPS) is 24.3. The second-order valence-electron chi connectivity index (χ2n) is 7.97. The van der Waals surface area contributed by atoms with Crippen LogP contribution in [0.3, 0.4) is 0 Å². The molecule has 19 heavy (non-hydrogen) atoms. The van der Waals surface area contributed by atoms with Crippen LogP contribution in [0.5, 0.6) is 0 Å². The van der Waals surface area contributed by atoms with Crippen LogP contribution in [0.2, 0.25) is 0 Å². The Labute approximate surface area is 122 Å². The summed E-state index contributed by atoms with van der Waals surface area (Å²) < 4.78 is 0. The molecule has 1 aromatic rings. The standard InChI is InChI=1S/C17H29NS/c1-12-7-8-19-15(12)13(2)18-14-9-16(3,4)11-17(5,6)10-14/h7-8,13-14,18H,9-11H2,1-6H3. The molecule has 0 spiro atoms. The van der Waals surface area contributed by atoms with Crippen molar-refractivity contribution >= 4 is 11.3 Å². The molecular formula is C17H29NS. The van der Waals surface area contributed by atoms with Crippen molar-refractivity contribution in [2.75, 3.05) is 0 Å². The zero-order chi connectivity index (χ0) is 14.3. The zero-order valence-electron chi connectivity index (χ0n) is 13.3. The second kappa shape index (κ2) is 5.21. The number of rotatable bonds is 3. The molecule has 1 unspecified atom stereocenters. The summed E-state index contributed by atoms with van der Waals surface area (Å²) in [5.74, 6) is 0. The molecular weight excluding hydrogens is 250 g/mol. The van der Waals surface area contributed by atoms with E-state index >= 15 is 0 Å². The van der Waals surface area contributed by atoms with Crippen molar-refractivity contribution in [3.05, 3.63) is 21.9 Å². The molecule has 1 saturated carbocycles. The smallest absolute Gasteiger partial charge is 0.0390 e. The molecule has 1 heterocycles. The van der Waals surface area contributed by atoms with Gasteiger partial charge in [0, 0.05) is 17.0 Å². The van der Waals surface area contributed by atoms with Crippen molar-refractivity contribution < 1.29 is 0 Å². The van der Waals surface area contributed by atoms with E-state index in [-0.39, 0.29) is 0 Å². The van der Waals surface area contributed by atoms with Gasteiger partial charge in [0.05, 0.1) is 0 Å². The van der Waals surface area contributed by atoms with Gasteiger partial charge in [-0.25, -0.2) is 0 Å². The van der Waals surface area contributed by atoms with Gasteiger partial charge in [-0.15, -0.1) is 11.3 Å². The summed E-state index contributed by atoms with van der Waals surface area (Å²) in [6.45, 7) is 14.2. The number of hydrogen-bond acceptors (Lipinski definition) is 2. The predicted molar refractivity (Wildman–Crippen MR) is 85.8 cm³/mol. The Hall–Kier alpha value is -0.340. The maximum atomic E-state index is 3.88. The molecule has 0 bridgehead atoms. The highest BCUT2D eigenvalue weighted by Crippen LogP contribution is 2.46. The zero-order valence-corrected chi connectivity index (χ0v) is 14.2. The van der Waals surface area contributed by atoms with E-state index < -0.39 is 0 Å². The van der Waals surface area contributed by atoms with Crippen molar-refractivity contribution in [2.45, 2.75) is 72.9 Å². The summed E-state index contributed by atoms with van der Waals surface area (Å²) in [5, 5.41) is 6.09. The number of thiophene rings is 1. The van der Waals surface area contributed by atoms with Gasteiger partial charge in [0.25, 0.3) is 0 Å². The van der Waals surface area contributed by atoms with E-state index in [1.807, 2.05) is 11.3 Å². The van der Waals surface area contributed by atoms with Crippen LogP contribution in [0.4, 0.5) is 0 Å². The third-order valence-corrected chi connectivity index (χ3v) is 5.54. The Kier molecular flexibility index (Phi) is 4.13. The number of hydrogen-bond donors (Lipinski definition) is 1. The van der Waals surface area contributed by atoms with Gasteiger partial charge in [-0.2, -0.15) is 0 Å². The van der Waals surface area contributed by atoms with Gasteiger partial charge in [0.15, 0.2) is 0 Å². The van der Waals surface area contributed by atoms with Gasteiger partial charge >= 0.3 is 0 Å². The first-order chi connectivity index (χ1) is 8.69. The average molecular weight is 279 g/mol. The number of nitrogens with one attached hydrogen (secondary N) is 1. The predicted octanol–water partition coefficient (Wildman–Crippen LogP) is 5.31. The van der Waals surface area contributed by atoms with E-state index in [0.717, 1.165) is 0 Å². The molecule has 0 radical (unpaired) electrons.